The van der Waals surface area contributed by atoms with E-state index in [9.17, 15) is 0 Å². The van der Waals surface area contributed by atoms with E-state index in [1.54, 1.807) is 4.99 Å². The van der Waals surface area contributed by atoms with E-state index >= 15 is 0 Å². The molecule has 1 fully saturated rings. The van der Waals surface area contributed by atoms with Crippen LogP contribution in [-0.4, -0.2) is 31.7 Å². The Kier molecular flexibility index (Phi) is 7.86. The highest BCUT2D eigenvalue weighted by molar-refractivity contribution is 9.11. The zero-order valence-electron chi connectivity index (χ0n) is 14.5. The third-order valence-corrected chi connectivity index (χ3v) is 4.35. The third kappa shape index (κ3) is 6.04. The Hall–Kier alpha value is -1.50. The van der Waals surface area contributed by atoms with Crippen molar-refractivity contribution >= 4 is 15.9 Å². The van der Waals surface area contributed by atoms with Crippen molar-refractivity contribution in [2.45, 2.75) is 31.7 Å². The van der Waals surface area contributed by atoms with Crippen molar-refractivity contribution in [1.29, 1.82) is 0 Å². The van der Waals surface area contributed by atoms with Crippen LogP contribution < -0.4 is 0 Å². The molecule has 0 aromatic heterocycles. The zero-order valence-corrected chi connectivity index (χ0v) is 16.1. The molecule has 0 saturated carbocycles. The first-order valence-electron chi connectivity index (χ1n) is 8.66. The molecule has 0 spiro atoms. The van der Waals surface area contributed by atoms with E-state index in [2.05, 4.69) is 15.9 Å². The van der Waals surface area contributed by atoms with Crippen molar-refractivity contribution in [3.63, 3.8) is 0 Å². The predicted molar refractivity (Wildman–Crippen MR) is 104 cm³/mol. The predicted octanol–water partition coefficient (Wildman–Crippen LogP) is 4.44. The summed E-state index contributed by atoms with van der Waals surface area (Å²) in [5, 5.41) is 0. The first kappa shape index (κ1) is 19.3. The lowest BCUT2D eigenvalue weighted by Gasteiger charge is -2.17. The molecule has 2 aromatic carbocycles. The van der Waals surface area contributed by atoms with Crippen LogP contribution in [0.2, 0.25) is 0 Å². The quantitative estimate of drug-likeness (QED) is 0.603. The van der Waals surface area contributed by atoms with Crippen LogP contribution in [0.5, 0.6) is 0 Å². The number of rotatable bonds is 9. The summed E-state index contributed by atoms with van der Waals surface area (Å²) >= 11 is 3.26. The van der Waals surface area contributed by atoms with Gasteiger partial charge in [-0.2, -0.15) is 0 Å². The summed E-state index contributed by atoms with van der Waals surface area (Å²) in [6.07, 6.45) is 1.11. The molecule has 1 aliphatic rings. The van der Waals surface area contributed by atoms with Crippen LogP contribution in [0, 0.1) is 0 Å². The van der Waals surface area contributed by atoms with Gasteiger partial charge in [-0.15, -0.1) is 0 Å². The van der Waals surface area contributed by atoms with E-state index in [4.69, 9.17) is 18.9 Å². The Morgan fingerprint density at radius 3 is 1.65 bits per heavy atom. The summed E-state index contributed by atoms with van der Waals surface area (Å²) < 4.78 is 23.5. The fourth-order valence-corrected chi connectivity index (χ4v) is 2.98. The maximum absolute atomic E-state index is 5.91. The summed E-state index contributed by atoms with van der Waals surface area (Å²) in [4.78, 5) is 1.74. The van der Waals surface area contributed by atoms with Crippen molar-refractivity contribution < 1.29 is 18.9 Å². The van der Waals surface area contributed by atoms with Crippen LogP contribution in [0.1, 0.15) is 11.1 Å². The third-order valence-electron chi connectivity index (χ3n) is 4.05. The Balaban J connectivity index is 1.48. The van der Waals surface area contributed by atoms with Crippen molar-refractivity contribution in [3.8, 4) is 0 Å². The van der Waals surface area contributed by atoms with E-state index in [-0.39, 0.29) is 18.5 Å². The molecule has 0 N–H and O–H groups in total. The molecule has 138 valence electrons. The maximum Gasteiger partial charge on any atom is 0.178 e. The minimum absolute atomic E-state index is 0.164. The van der Waals surface area contributed by atoms with Crippen LogP contribution in [0.15, 0.2) is 71.7 Å². The average Bonchev–Trinajstić information content (AvgIpc) is 3.05. The molecule has 1 heterocycles. The van der Waals surface area contributed by atoms with Gasteiger partial charge in [-0.25, -0.2) is 0 Å². The largest absolute Gasteiger partial charge is 0.374 e. The SMILES string of the molecule is Br/C=C\C1O[C@H](COCc2ccccc2)[C@@H](COCc2ccccc2)O1. The molecule has 5 heteroatoms. The highest BCUT2D eigenvalue weighted by atomic mass is 79.9. The van der Waals surface area contributed by atoms with Gasteiger partial charge in [0, 0.05) is 0 Å². The Labute approximate surface area is 162 Å². The molecule has 0 aliphatic carbocycles. The van der Waals surface area contributed by atoms with Crippen LogP contribution in [0.3, 0.4) is 0 Å². The Morgan fingerprint density at radius 2 is 1.23 bits per heavy atom. The number of halogens is 1. The lowest BCUT2D eigenvalue weighted by molar-refractivity contribution is -0.0480. The Bertz CT molecular complexity index is 609. The summed E-state index contributed by atoms with van der Waals surface area (Å²) in [6, 6.07) is 20.2. The summed E-state index contributed by atoms with van der Waals surface area (Å²) in [5.74, 6) is 0. The molecule has 3 rings (SSSR count). The molecule has 26 heavy (non-hydrogen) atoms. The first-order valence-corrected chi connectivity index (χ1v) is 9.58. The van der Waals surface area contributed by atoms with Gasteiger partial charge in [0.15, 0.2) is 6.29 Å². The number of ether oxygens (including phenoxy) is 4. The van der Waals surface area contributed by atoms with E-state index in [0.29, 0.717) is 26.4 Å². The summed E-state index contributed by atoms with van der Waals surface area (Å²) in [7, 11) is 0. The standard InChI is InChI=1S/C21H23BrO4/c22-12-11-21-25-19(15-23-13-17-7-3-1-4-8-17)20(26-21)16-24-14-18-9-5-2-6-10-18/h1-12,19-21H,13-16H2/b12-11-/t19-,20-/m1/s1. The summed E-state index contributed by atoms with van der Waals surface area (Å²) in [5.41, 5.74) is 2.28. The van der Waals surface area contributed by atoms with Gasteiger partial charge in [0.25, 0.3) is 0 Å². The molecular weight excluding hydrogens is 396 g/mol. The highest BCUT2D eigenvalue weighted by Crippen LogP contribution is 2.22. The first-order chi connectivity index (χ1) is 12.8. The highest BCUT2D eigenvalue weighted by Gasteiger charge is 2.35. The van der Waals surface area contributed by atoms with Gasteiger partial charge < -0.3 is 18.9 Å². The van der Waals surface area contributed by atoms with Crippen molar-refractivity contribution in [1.82, 2.24) is 0 Å². The van der Waals surface area contributed by atoms with Gasteiger partial charge >= 0.3 is 0 Å². The second-order valence-electron chi connectivity index (χ2n) is 6.04. The van der Waals surface area contributed by atoms with Gasteiger partial charge in [-0.05, 0) is 22.2 Å². The zero-order chi connectivity index (χ0) is 18.0. The summed E-state index contributed by atoms with van der Waals surface area (Å²) in [6.45, 7) is 2.02. The molecule has 0 radical (unpaired) electrons. The topological polar surface area (TPSA) is 36.9 Å². The van der Waals surface area contributed by atoms with Crippen LogP contribution >= 0.6 is 15.9 Å². The molecular formula is C21H23BrO4. The second kappa shape index (κ2) is 10.6. The van der Waals surface area contributed by atoms with E-state index in [1.807, 2.05) is 66.7 Å². The maximum atomic E-state index is 5.91. The lowest BCUT2D eigenvalue weighted by atomic mass is 10.2. The molecule has 0 unspecified atom stereocenters. The molecule has 4 nitrogen and oxygen atoms in total. The van der Waals surface area contributed by atoms with Crippen molar-refractivity contribution in [3.05, 3.63) is 82.9 Å². The fourth-order valence-electron chi connectivity index (χ4n) is 2.73. The molecule has 1 saturated heterocycles. The smallest absolute Gasteiger partial charge is 0.178 e. The molecule has 2 aromatic rings. The van der Waals surface area contributed by atoms with Gasteiger partial charge in [-0.3, -0.25) is 0 Å². The van der Waals surface area contributed by atoms with Gasteiger partial charge in [0.05, 0.1) is 26.4 Å². The van der Waals surface area contributed by atoms with Crippen LogP contribution in [-0.2, 0) is 32.2 Å². The van der Waals surface area contributed by atoms with Gasteiger partial charge in [-0.1, -0.05) is 76.6 Å². The molecule has 1 aliphatic heterocycles. The molecule has 0 bridgehead atoms. The molecule has 2 atom stereocenters. The number of benzene rings is 2. The van der Waals surface area contributed by atoms with Crippen molar-refractivity contribution in [2.75, 3.05) is 13.2 Å². The van der Waals surface area contributed by atoms with Gasteiger partial charge in [0.1, 0.15) is 12.2 Å². The van der Waals surface area contributed by atoms with E-state index in [1.165, 1.54) is 0 Å². The van der Waals surface area contributed by atoms with E-state index < -0.39 is 0 Å². The number of hydrogen-bond acceptors (Lipinski definition) is 4. The van der Waals surface area contributed by atoms with Crippen molar-refractivity contribution in [2.24, 2.45) is 0 Å². The lowest BCUT2D eigenvalue weighted by Crippen LogP contribution is -2.31. The van der Waals surface area contributed by atoms with Crippen LogP contribution in [0.25, 0.3) is 0 Å². The van der Waals surface area contributed by atoms with Gasteiger partial charge in [0.2, 0.25) is 0 Å². The monoisotopic (exact) mass is 418 g/mol. The van der Waals surface area contributed by atoms with E-state index in [0.717, 1.165) is 11.1 Å². The minimum atomic E-state index is -0.384. The second-order valence-corrected chi connectivity index (χ2v) is 6.57. The normalized spacial score (nSPS) is 20.8. The molecule has 0 amide bonds. The number of hydrogen-bond donors (Lipinski definition) is 0. The fraction of sp³-hybridized carbons (Fsp3) is 0.333. The average molecular weight is 419 g/mol. The van der Waals surface area contributed by atoms with Crippen LogP contribution in [0.4, 0.5) is 0 Å². The Morgan fingerprint density at radius 1 is 0.769 bits per heavy atom. The minimum Gasteiger partial charge on any atom is -0.374 e.